The Morgan fingerprint density at radius 2 is 1.71 bits per heavy atom. The second-order valence-corrected chi connectivity index (χ2v) is 10.6. The molecule has 0 saturated heterocycles. The lowest BCUT2D eigenvalue weighted by Gasteiger charge is -2.20. The van der Waals surface area contributed by atoms with Crippen LogP contribution in [0.15, 0.2) is 47.4 Å². The molecule has 192 valence electrons. The van der Waals surface area contributed by atoms with E-state index in [1.54, 1.807) is 33.8 Å². The summed E-state index contributed by atoms with van der Waals surface area (Å²) in [6.45, 7) is 7.52. The fraction of sp³-hybridized carbons (Fsp3) is 0.417. The van der Waals surface area contributed by atoms with Gasteiger partial charge in [-0.3, -0.25) is 14.8 Å². The number of unbranched alkanes of at least 4 members (excludes halogenated alkanes) is 1. The fourth-order valence-corrected chi connectivity index (χ4v) is 4.03. The van der Waals surface area contributed by atoms with Crippen molar-refractivity contribution in [2.75, 3.05) is 23.3 Å². The van der Waals surface area contributed by atoms with Gasteiger partial charge >= 0.3 is 12.1 Å². The Bertz CT molecular complexity index is 1110. The molecular formula is C24H31ClN2O7S. The highest BCUT2D eigenvalue weighted by Gasteiger charge is 2.20. The summed E-state index contributed by atoms with van der Waals surface area (Å²) in [6.07, 6.45) is 0.700. The number of hydrogen-bond acceptors (Lipinski definition) is 7. The molecule has 35 heavy (non-hydrogen) atoms. The van der Waals surface area contributed by atoms with Crippen LogP contribution in [0.5, 0.6) is 5.75 Å². The van der Waals surface area contributed by atoms with Crippen molar-refractivity contribution in [1.29, 1.82) is 0 Å². The number of esters is 1. The van der Waals surface area contributed by atoms with Gasteiger partial charge in [-0.15, -0.1) is 0 Å². The maximum absolute atomic E-state index is 12.9. The van der Waals surface area contributed by atoms with Crippen LogP contribution in [0, 0.1) is 0 Å². The Morgan fingerprint density at radius 1 is 1.03 bits per heavy atom. The number of amides is 1. The summed E-state index contributed by atoms with van der Waals surface area (Å²) >= 11 is 5.87. The molecular weight excluding hydrogens is 496 g/mol. The van der Waals surface area contributed by atoms with Gasteiger partial charge in [-0.2, -0.15) is 0 Å². The van der Waals surface area contributed by atoms with Gasteiger partial charge < -0.3 is 14.2 Å². The minimum atomic E-state index is -3.97. The summed E-state index contributed by atoms with van der Waals surface area (Å²) in [5.74, 6) is -0.0186. The minimum absolute atomic E-state index is 0.00721. The minimum Gasteiger partial charge on any atom is -0.491 e. The third-order valence-corrected chi connectivity index (χ3v) is 5.96. The molecule has 1 amide bonds. The third kappa shape index (κ3) is 10.0. The zero-order valence-electron chi connectivity index (χ0n) is 20.2. The molecule has 0 radical (unpaired) electrons. The molecule has 11 heteroatoms. The maximum atomic E-state index is 12.9. The molecule has 0 aliphatic rings. The van der Waals surface area contributed by atoms with Gasteiger partial charge in [-0.05, 0) is 83.0 Å². The highest BCUT2D eigenvalue weighted by Crippen LogP contribution is 2.31. The average molecular weight is 527 g/mol. The summed E-state index contributed by atoms with van der Waals surface area (Å²) < 4.78 is 44.3. The molecule has 2 aromatic rings. The molecule has 0 aliphatic heterocycles. The SMILES string of the molecule is CCOC(=O)CCCCOc1ccc(NC(=O)OC(C)(C)C)cc1NS(=O)(=O)c1ccc(Cl)cc1. The molecule has 0 aromatic heterocycles. The molecule has 0 heterocycles. The van der Waals surface area contributed by atoms with Crippen LogP contribution in [-0.2, 0) is 24.3 Å². The van der Waals surface area contributed by atoms with E-state index in [9.17, 15) is 18.0 Å². The van der Waals surface area contributed by atoms with E-state index in [0.29, 0.717) is 30.2 Å². The molecule has 0 atom stereocenters. The van der Waals surface area contributed by atoms with Gasteiger partial charge in [0.15, 0.2) is 0 Å². The van der Waals surface area contributed by atoms with Gasteiger partial charge in [-0.1, -0.05) is 11.6 Å². The maximum Gasteiger partial charge on any atom is 0.412 e. The largest absolute Gasteiger partial charge is 0.491 e. The number of carbonyl (C=O) groups excluding carboxylic acids is 2. The Balaban J connectivity index is 2.18. The van der Waals surface area contributed by atoms with Crippen LogP contribution >= 0.6 is 11.6 Å². The third-order valence-electron chi connectivity index (χ3n) is 4.33. The van der Waals surface area contributed by atoms with E-state index >= 15 is 0 Å². The van der Waals surface area contributed by atoms with E-state index in [2.05, 4.69) is 10.0 Å². The summed E-state index contributed by atoms with van der Waals surface area (Å²) in [5.41, 5.74) is -0.267. The van der Waals surface area contributed by atoms with Gasteiger partial charge in [-0.25, -0.2) is 13.2 Å². The van der Waals surface area contributed by atoms with Gasteiger partial charge in [0.2, 0.25) is 0 Å². The van der Waals surface area contributed by atoms with E-state index in [0.717, 1.165) is 0 Å². The Labute approximate surface area is 211 Å². The Morgan fingerprint density at radius 3 is 2.34 bits per heavy atom. The molecule has 2 rings (SSSR count). The predicted molar refractivity (Wildman–Crippen MR) is 135 cm³/mol. The van der Waals surface area contributed by atoms with E-state index < -0.39 is 21.7 Å². The fourth-order valence-electron chi connectivity index (χ4n) is 2.84. The van der Waals surface area contributed by atoms with Crippen LogP contribution in [0.25, 0.3) is 0 Å². The van der Waals surface area contributed by atoms with Crippen LogP contribution in [0.4, 0.5) is 16.2 Å². The normalized spacial score (nSPS) is 11.5. The number of ether oxygens (including phenoxy) is 3. The molecule has 0 bridgehead atoms. The van der Waals surface area contributed by atoms with E-state index in [4.69, 9.17) is 25.8 Å². The number of nitrogens with one attached hydrogen (secondary N) is 2. The van der Waals surface area contributed by atoms with Gasteiger partial charge in [0.05, 0.1) is 23.8 Å². The number of sulfonamides is 1. The molecule has 2 aromatic carbocycles. The lowest BCUT2D eigenvalue weighted by molar-refractivity contribution is -0.143. The monoisotopic (exact) mass is 526 g/mol. The first-order valence-corrected chi connectivity index (χ1v) is 13.0. The van der Waals surface area contributed by atoms with Crippen molar-refractivity contribution in [3.8, 4) is 5.75 Å². The number of halogens is 1. The molecule has 0 aliphatic carbocycles. The molecule has 2 N–H and O–H groups in total. The number of rotatable bonds is 11. The molecule has 0 fully saturated rings. The number of benzene rings is 2. The second kappa shape index (κ2) is 12.6. The van der Waals surface area contributed by atoms with Crippen molar-refractivity contribution in [1.82, 2.24) is 0 Å². The lowest BCUT2D eigenvalue weighted by Crippen LogP contribution is -2.27. The molecule has 0 saturated carbocycles. The van der Waals surface area contributed by atoms with Crippen molar-refractivity contribution in [3.05, 3.63) is 47.5 Å². The van der Waals surface area contributed by atoms with Crippen LogP contribution < -0.4 is 14.8 Å². The summed E-state index contributed by atoms with van der Waals surface area (Å²) in [5, 5.41) is 2.98. The van der Waals surface area contributed by atoms with Gasteiger partial charge in [0, 0.05) is 17.1 Å². The van der Waals surface area contributed by atoms with Crippen molar-refractivity contribution in [3.63, 3.8) is 0 Å². The van der Waals surface area contributed by atoms with Crippen LogP contribution in [0.2, 0.25) is 5.02 Å². The number of carbonyl (C=O) groups is 2. The molecule has 0 spiro atoms. The molecule has 9 nitrogen and oxygen atoms in total. The standard InChI is InChI=1S/C24H31ClN2O7S/c1-5-32-22(28)8-6-7-15-33-21-14-11-18(26-23(29)34-24(2,3)4)16-20(21)27-35(30,31)19-12-9-17(25)10-13-19/h9-14,16,27H,5-8,15H2,1-4H3,(H,26,29). The van der Waals surface area contributed by atoms with Crippen LogP contribution in [-0.4, -0.2) is 39.3 Å². The first-order valence-electron chi connectivity index (χ1n) is 11.1. The summed E-state index contributed by atoms with van der Waals surface area (Å²) in [7, 11) is -3.97. The summed E-state index contributed by atoms with van der Waals surface area (Å²) in [6, 6.07) is 10.2. The molecule has 0 unspecified atom stereocenters. The van der Waals surface area contributed by atoms with Gasteiger partial charge in [0.25, 0.3) is 10.0 Å². The van der Waals surface area contributed by atoms with E-state index in [-0.39, 0.29) is 35.3 Å². The Hall–Kier alpha value is -2.98. The van der Waals surface area contributed by atoms with Crippen molar-refractivity contribution in [2.45, 2.75) is 57.5 Å². The second-order valence-electron chi connectivity index (χ2n) is 8.51. The van der Waals surface area contributed by atoms with Crippen LogP contribution in [0.3, 0.4) is 0 Å². The number of anilines is 2. The van der Waals surface area contributed by atoms with Gasteiger partial charge in [0.1, 0.15) is 11.4 Å². The van der Waals surface area contributed by atoms with Crippen molar-refractivity contribution in [2.24, 2.45) is 0 Å². The van der Waals surface area contributed by atoms with E-state index in [1.807, 2.05) is 0 Å². The predicted octanol–water partition coefficient (Wildman–Crippen LogP) is 5.60. The highest BCUT2D eigenvalue weighted by molar-refractivity contribution is 7.92. The summed E-state index contributed by atoms with van der Waals surface area (Å²) in [4.78, 5) is 23.6. The van der Waals surface area contributed by atoms with Crippen molar-refractivity contribution < 1.29 is 32.2 Å². The first-order chi connectivity index (χ1) is 16.4. The zero-order valence-corrected chi connectivity index (χ0v) is 21.8. The first kappa shape index (κ1) is 28.3. The average Bonchev–Trinajstić information content (AvgIpc) is 2.73. The zero-order chi connectivity index (χ0) is 26.1. The topological polar surface area (TPSA) is 120 Å². The van der Waals surface area contributed by atoms with E-state index in [1.165, 1.54) is 36.4 Å². The number of hydrogen-bond donors (Lipinski definition) is 2. The lowest BCUT2D eigenvalue weighted by atomic mass is 10.2. The highest BCUT2D eigenvalue weighted by atomic mass is 35.5. The quantitative estimate of drug-likeness (QED) is 0.289. The Kier molecular flexibility index (Phi) is 10.2. The van der Waals surface area contributed by atoms with Crippen molar-refractivity contribution >= 4 is 45.1 Å². The smallest absolute Gasteiger partial charge is 0.412 e. The van der Waals surface area contributed by atoms with Crippen LogP contribution in [0.1, 0.15) is 47.0 Å².